The Morgan fingerprint density at radius 3 is 1.48 bits per heavy atom. The van der Waals surface area contributed by atoms with Crippen LogP contribution in [-0.4, -0.2) is 54.0 Å². The van der Waals surface area contributed by atoms with Gasteiger partial charge in [-0.3, -0.25) is 9.44 Å². The quantitative estimate of drug-likeness (QED) is 0.0528. The summed E-state index contributed by atoms with van der Waals surface area (Å²) < 4.78 is 87.5. The molecule has 0 aliphatic heterocycles. The summed E-state index contributed by atoms with van der Waals surface area (Å²) in [5.41, 5.74) is 5.19. The van der Waals surface area contributed by atoms with Gasteiger partial charge in [0.2, 0.25) is 9.84 Å². The van der Waals surface area contributed by atoms with Crippen LogP contribution < -0.4 is 14.2 Å². The molecule has 67 heavy (non-hydrogen) atoms. The molecule has 0 atom stereocenters. The second-order valence-electron chi connectivity index (χ2n) is 15.2. The molecule has 7 aromatic rings. The first-order valence-corrected chi connectivity index (χ1v) is 26.3. The van der Waals surface area contributed by atoms with Crippen molar-refractivity contribution in [2.24, 2.45) is 0 Å². The summed E-state index contributed by atoms with van der Waals surface area (Å²) in [5, 5.41) is 18.0. The largest absolute Gasteiger partial charge is 0.494 e. The van der Waals surface area contributed by atoms with E-state index in [2.05, 4.69) is 16.4 Å². The Morgan fingerprint density at radius 1 is 0.507 bits per heavy atom. The van der Waals surface area contributed by atoms with Gasteiger partial charge in [-0.15, -0.1) is 11.3 Å². The number of carboxylic acids is 2. The van der Waals surface area contributed by atoms with E-state index >= 15 is 0 Å². The molecule has 1 heterocycles. The van der Waals surface area contributed by atoms with Gasteiger partial charge in [0.25, 0.3) is 20.0 Å². The lowest BCUT2D eigenvalue weighted by Gasteiger charge is -2.11. The second-order valence-corrected chi connectivity index (χ2v) is 22.0. The van der Waals surface area contributed by atoms with Gasteiger partial charge in [0.15, 0.2) is 0 Å². The van der Waals surface area contributed by atoms with Crippen molar-refractivity contribution in [3.05, 3.63) is 197 Å². The lowest BCUT2D eigenvalue weighted by atomic mass is 10.0. The normalized spacial score (nSPS) is 11.5. The molecule has 348 valence electrons. The highest BCUT2D eigenvalue weighted by atomic mass is 32.3. The molecule has 0 saturated carbocycles. The van der Waals surface area contributed by atoms with Crippen LogP contribution in [0.4, 0.5) is 11.4 Å². The molecule has 0 amide bonds. The lowest BCUT2D eigenvalue weighted by molar-refractivity contribution is 0.0686. The van der Waals surface area contributed by atoms with Crippen LogP contribution in [0.5, 0.6) is 5.75 Å². The van der Waals surface area contributed by atoms with Crippen LogP contribution in [0.1, 0.15) is 62.7 Å². The van der Waals surface area contributed by atoms with Gasteiger partial charge in [0, 0.05) is 11.4 Å². The minimum Gasteiger partial charge on any atom is -0.494 e. The number of benzene rings is 6. The van der Waals surface area contributed by atoms with Crippen molar-refractivity contribution in [2.45, 2.75) is 63.7 Å². The van der Waals surface area contributed by atoms with Crippen LogP contribution in [0.3, 0.4) is 0 Å². The molecule has 0 radical (unpaired) electrons. The maximum absolute atomic E-state index is 12.9. The van der Waals surface area contributed by atoms with Crippen LogP contribution in [0.25, 0.3) is 0 Å². The molecule has 0 aliphatic rings. The predicted molar refractivity (Wildman–Crippen MR) is 259 cm³/mol. The molecular weight excluding hydrogens is 933 g/mol. The zero-order valence-corrected chi connectivity index (χ0v) is 39.5. The molecule has 4 N–H and O–H groups in total. The number of rotatable bonds is 20. The third kappa shape index (κ3) is 14.1. The van der Waals surface area contributed by atoms with E-state index in [1.165, 1.54) is 36.4 Å². The number of ether oxygens (including phenoxy) is 1. The van der Waals surface area contributed by atoms with Crippen LogP contribution in [0.15, 0.2) is 182 Å². The van der Waals surface area contributed by atoms with Crippen LogP contribution in [0.2, 0.25) is 0 Å². The van der Waals surface area contributed by atoms with Crippen LogP contribution >= 0.6 is 11.3 Å². The lowest BCUT2D eigenvalue weighted by Crippen LogP contribution is -2.13. The van der Waals surface area contributed by atoms with Crippen molar-refractivity contribution in [1.29, 1.82) is 0 Å². The number of sulfone groups is 1. The summed E-state index contributed by atoms with van der Waals surface area (Å²) in [6.45, 7) is 2.69. The van der Waals surface area contributed by atoms with E-state index in [1.807, 2.05) is 24.3 Å². The van der Waals surface area contributed by atoms with Gasteiger partial charge in [0.05, 0.1) is 27.5 Å². The number of carbonyl (C=O) groups is 2. The zero-order chi connectivity index (χ0) is 48.0. The number of unbranched alkanes of at least 4 members (excludes halogenated alkanes) is 1. The van der Waals surface area contributed by atoms with Gasteiger partial charge in [-0.2, -0.15) is 0 Å². The van der Waals surface area contributed by atoms with Crippen molar-refractivity contribution >= 4 is 64.5 Å². The molecular formula is C50H48N2O11S4. The van der Waals surface area contributed by atoms with Crippen LogP contribution in [-0.2, 0) is 55.6 Å². The van der Waals surface area contributed by atoms with E-state index in [1.54, 1.807) is 103 Å². The summed E-state index contributed by atoms with van der Waals surface area (Å²) >= 11 is 0.696. The van der Waals surface area contributed by atoms with Gasteiger partial charge >= 0.3 is 11.9 Å². The predicted octanol–water partition coefficient (Wildman–Crippen LogP) is 10.0. The van der Waals surface area contributed by atoms with Crippen molar-refractivity contribution in [3.8, 4) is 5.75 Å². The highest BCUT2D eigenvalue weighted by Gasteiger charge is 2.24. The first-order valence-electron chi connectivity index (χ1n) is 21.0. The average molecular weight is 981 g/mol. The fourth-order valence-corrected chi connectivity index (χ4v) is 11.9. The minimum atomic E-state index is -3.98. The molecule has 0 aliphatic carbocycles. The first kappa shape index (κ1) is 49.6. The number of thiophene rings is 1. The van der Waals surface area contributed by atoms with Crippen molar-refractivity contribution in [2.75, 3.05) is 16.1 Å². The van der Waals surface area contributed by atoms with E-state index in [0.29, 0.717) is 54.3 Å². The molecule has 0 spiro atoms. The molecule has 0 saturated heterocycles. The topological polar surface area (TPSA) is 210 Å². The Bertz CT molecular complexity index is 3120. The zero-order valence-electron chi connectivity index (χ0n) is 36.2. The SMILES string of the molecule is CCCCOc1ccc(S(=O)(=O)Nc2cccc(CCc3ccc(C(=O)O)cc3)c2)cc1.O=C(O)c1ccc(CCc2cccc(NS(=O)(=O)c3ccc(S(=O)(=O)c4ccccc4)s3)c2)cc1. The summed E-state index contributed by atoms with van der Waals surface area (Å²) in [6, 6.07) is 44.4. The summed E-state index contributed by atoms with van der Waals surface area (Å²) in [4.78, 5) is 22.2. The number of aromatic carboxylic acids is 2. The van der Waals surface area contributed by atoms with E-state index < -0.39 is 41.8 Å². The van der Waals surface area contributed by atoms with E-state index in [9.17, 15) is 34.8 Å². The van der Waals surface area contributed by atoms with Gasteiger partial charge in [-0.25, -0.2) is 34.8 Å². The Kier molecular flexibility index (Phi) is 16.7. The standard InChI is InChI=1S/C25H21NO6S3.C25H27NO5S/c27-25(28)20-13-11-18(12-14-20)9-10-19-5-4-6-21(17-19)26-35(31,32)24-16-15-23(33-24)34(29,30)22-7-2-1-3-8-22;1-2-3-17-31-23-13-15-24(16-14-23)32(29,30)26-22-6-4-5-20(18-22)8-7-19-9-11-21(12-10-19)25(27)28/h1-8,11-17,26H,9-10H2,(H,27,28);4-6,9-16,18,26H,2-3,7-8,17H2,1H3,(H,27,28). The summed E-state index contributed by atoms with van der Waals surface area (Å²) in [7, 11) is -11.5. The van der Waals surface area contributed by atoms with E-state index in [0.717, 1.165) is 41.5 Å². The fraction of sp³-hybridized carbons (Fsp3) is 0.160. The molecule has 0 unspecified atom stereocenters. The van der Waals surface area contributed by atoms with Crippen molar-refractivity contribution in [1.82, 2.24) is 0 Å². The van der Waals surface area contributed by atoms with Crippen LogP contribution in [0, 0.1) is 0 Å². The summed E-state index contributed by atoms with van der Waals surface area (Å²) in [6.07, 6.45) is 4.68. The monoisotopic (exact) mass is 980 g/mol. The number of sulfonamides is 2. The van der Waals surface area contributed by atoms with Crippen molar-refractivity contribution in [3.63, 3.8) is 0 Å². The molecule has 17 heteroatoms. The Morgan fingerprint density at radius 2 is 0.985 bits per heavy atom. The summed E-state index contributed by atoms with van der Waals surface area (Å²) in [5.74, 6) is -1.28. The molecule has 13 nitrogen and oxygen atoms in total. The van der Waals surface area contributed by atoms with E-state index in [4.69, 9.17) is 14.9 Å². The number of aryl methyl sites for hydroxylation is 4. The van der Waals surface area contributed by atoms with Gasteiger partial charge < -0.3 is 14.9 Å². The maximum atomic E-state index is 12.9. The number of hydrogen-bond donors (Lipinski definition) is 4. The number of anilines is 2. The smallest absolute Gasteiger partial charge is 0.335 e. The number of nitrogens with one attached hydrogen (secondary N) is 2. The fourth-order valence-electron chi connectivity index (χ4n) is 6.56. The molecule has 1 aromatic heterocycles. The maximum Gasteiger partial charge on any atom is 0.335 e. The average Bonchev–Trinajstić information content (AvgIpc) is 3.85. The Labute approximate surface area is 394 Å². The molecule has 7 rings (SSSR count). The number of carboxylic acid groups (broad SMARTS) is 2. The van der Waals surface area contributed by atoms with Gasteiger partial charge in [-0.05, 0) is 151 Å². The third-order valence-corrected chi connectivity index (χ3v) is 16.8. The number of hydrogen-bond acceptors (Lipinski definition) is 10. The Balaban J connectivity index is 0.000000222. The molecule has 0 fully saturated rings. The molecule has 6 aromatic carbocycles. The Hall–Kier alpha value is -6.79. The van der Waals surface area contributed by atoms with Crippen molar-refractivity contribution < 1.29 is 49.8 Å². The first-order chi connectivity index (χ1) is 32.0. The van der Waals surface area contributed by atoms with E-state index in [-0.39, 0.29) is 29.3 Å². The van der Waals surface area contributed by atoms with Gasteiger partial charge in [-0.1, -0.05) is 80.1 Å². The minimum absolute atomic E-state index is 0.0493. The van der Waals surface area contributed by atoms with Gasteiger partial charge in [0.1, 0.15) is 14.2 Å². The highest BCUT2D eigenvalue weighted by Crippen LogP contribution is 2.31. The second kappa shape index (κ2) is 22.6. The highest BCUT2D eigenvalue weighted by molar-refractivity contribution is 7.96. The third-order valence-electron chi connectivity index (χ3n) is 10.2. The molecule has 0 bridgehead atoms.